The first-order valence-corrected chi connectivity index (χ1v) is 8.83. The normalized spacial score (nSPS) is 20.7. The van der Waals surface area contributed by atoms with Crippen LogP contribution in [0, 0.1) is 5.41 Å². The highest BCUT2D eigenvalue weighted by Crippen LogP contribution is 2.33. The van der Waals surface area contributed by atoms with Crippen molar-refractivity contribution in [1.29, 1.82) is 0 Å². The van der Waals surface area contributed by atoms with Crippen molar-refractivity contribution < 1.29 is 0 Å². The molecule has 1 aromatic heterocycles. The number of hydrogen-bond donors (Lipinski definition) is 1. The van der Waals surface area contributed by atoms with E-state index < -0.39 is 0 Å². The average molecular weight is 295 g/mol. The fourth-order valence-corrected chi connectivity index (χ4v) is 3.67. The number of hydrogen-bond acceptors (Lipinski definition) is 4. The van der Waals surface area contributed by atoms with Gasteiger partial charge in [0, 0.05) is 24.5 Å². The molecule has 1 unspecified atom stereocenters. The van der Waals surface area contributed by atoms with Gasteiger partial charge in [-0.25, -0.2) is 4.98 Å². The maximum atomic E-state index is 4.86. The van der Waals surface area contributed by atoms with Crippen LogP contribution < -0.4 is 10.2 Å². The fourth-order valence-electron chi connectivity index (χ4n) is 2.70. The minimum atomic E-state index is 0.364. The summed E-state index contributed by atoms with van der Waals surface area (Å²) in [5.74, 6) is 0. The maximum absolute atomic E-state index is 4.86. The van der Waals surface area contributed by atoms with Crippen LogP contribution in [0.25, 0.3) is 0 Å². The Morgan fingerprint density at radius 3 is 2.95 bits per heavy atom. The Morgan fingerprint density at radius 1 is 1.40 bits per heavy atom. The number of thiazole rings is 1. The lowest BCUT2D eigenvalue weighted by molar-refractivity contribution is 0.325. The molecular weight excluding hydrogens is 266 g/mol. The van der Waals surface area contributed by atoms with Crippen molar-refractivity contribution in [2.24, 2.45) is 5.41 Å². The molecular formula is C16H29N3S. The molecule has 1 aromatic rings. The fraction of sp³-hybridized carbons (Fsp3) is 0.812. The van der Waals surface area contributed by atoms with Gasteiger partial charge < -0.3 is 10.2 Å². The van der Waals surface area contributed by atoms with Gasteiger partial charge in [-0.05, 0) is 44.6 Å². The van der Waals surface area contributed by atoms with Gasteiger partial charge in [-0.1, -0.05) is 20.8 Å². The van der Waals surface area contributed by atoms with E-state index in [1.54, 1.807) is 11.3 Å². The van der Waals surface area contributed by atoms with E-state index in [2.05, 4.69) is 43.3 Å². The molecule has 2 heterocycles. The lowest BCUT2D eigenvalue weighted by Gasteiger charge is -2.23. The predicted molar refractivity (Wildman–Crippen MR) is 88.7 cm³/mol. The van der Waals surface area contributed by atoms with Crippen molar-refractivity contribution in [3.63, 3.8) is 0 Å². The van der Waals surface area contributed by atoms with Crippen LogP contribution in [0.4, 0.5) is 5.13 Å². The third kappa shape index (κ3) is 4.19. The monoisotopic (exact) mass is 295 g/mol. The largest absolute Gasteiger partial charge is 0.348 e. The molecule has 114 valence electrons. The third-order valence-electron chi connectivity index (χ3n) is 4.26. The Morgan fingerprint density at radius 2 is 2.20 bits per heavy atom. The van der Waals surface area contributed by atoms with Crippen LogP contribution in [0.5, 0.6) is 0 Å². The minimum Gasteiger partial charge on any atom is -0.348 e. The van der Waals surface area contributed by atoms with Gasteiger partial charge in [0.05, 0.1) is 5.69 Å². The van der Waals surface area contributed by atoms with Gasteiger partial charge in [-0.15, -0.1) is 11.3 Å². The number of aromatic nitrogens is 1. The van der Waals surface area contributed by atoms with Crippen molar-refractivity contribution >= 4 is 16.5 Å². The number of nitrogens with one attached hydrogen (secondary N) is 1. The Labute approximate surface area is 127 Å². The molecule has 1 fully saturated rings. The highest BCUT2D eigenvalue weighted by Gasteiger charge is 2.24. The van der Waals surface area contributed by atoms with Gasteiger partial charge in [-0.2, -0.15) is 0 Å². The summed E-state index contributed by atoms with van der Waals surface area (Å²) in [7, 11) is 0. The molecule has 0 bridgehead atoms. The molecule has 1 N–H and O–H groups in total. The van der Waals surface area contributed by atoms with Crippen LogP contribution in [0.3, 0.4) is 0 Å². The van der Waals surface area contributed by atoms with Gasteiger partial charge in [0.15, 0.2) is 5.13 Å². The third-order valence-corrected chi connectivity index (χ3v) is 5.18. The van der Waals surface area contributed by atoms with Crippen LogP contribution in [-0.2, 0) is 0 Å². The summed E-state index contributed by atoms with van der Waals surface area (Å²) in [6.07, 6.45) is 5.05. The van der Waals surface area contributed by atoms with Crippen molar-refractivity contribution in [2.75, 3.05) is 24.5 Å². The molecule has 0 aliphatic carbocycles. The quantitative estimate of drug-likeness (QED) is 0.881. The zero-order valence-electron chi connectivity index (χ0n) is 13.4. The van der Waals surface area contributed by atoms with Crippen LogP contribution in [-0.4, -0.2) is 24.6 Å². The van der Waals surface area contributed by atoms with Gasteiger partial charge in [0.25, 0.3) is 0 Å². The van der Waals surface area contributed by atoms with Crippen LogP contribution in [0.15, 0.2) is 5.38 Å². The summed E-state index contributed by atoms with van der Waals surface area (Å²) in [5, 5.41) is 6.95. The molecule has 0 saturated carbocycles. The molecule has 3 nitrogen and oxygen atoms in total. The Balaban J connectivity index is 1.97. The van der Waals surface area contributed by atoms with Crippen LogP contribution in [0.1, 0.15) is 65.1 Å². The Kier molecular flexibility index (Phi) is 5.44. The van der Waals surface area contributed by atoms with E-state index in [1.165, 1.54) is 36.5 Å². The van der Waals surface area contributed by atoms with E-state index in [4.69, 9.17) is 4.98 Å². The summed E-state index contributed by atoms with van der Waals surface area (Å²) < 4.78 is 0. The van der Waals surface area contributed by atoms with Crippen molar-refractivity contribution in [1.82, 2.24) is 10.3 Å². The smallest absolute Gasteiger partial charge is 0.185 e. The SMILES string of the molecule is CCCNC(C)c1csc(N2CCCC(C)(C)CC2)n1. The van der Waals surface area contributed by atoms with Crippen molar-refractivity contribution in [2.45, 2.75) is 59.4 Å². The molecule has 1 saturated heterocycles. The summed E-state index contributed by atoms with van der Waals surface area (Å²) in [4.78, 5) is 7.34. The summed E-state index contributed by atoms with van der Waals surface area (Å²) in [6.45, 7) is 12.6. The zero-order valence-corrected chi connectivity index (χ0v) is 14.2. The van der Waals surface area contributed by atoms with Crippen molar-refractivity contribution in [3.8, 4) is 0 Å². The van der Waals surface area contributed by atoms with E-state index in [0.29, 0.717) is 11.5 Å². The van der Waals surface area contributed by atoms with Gasteiger partial charge in [0.1, 0.15) is 0 Å². The second-order valence-electron chi connectivity index (χ2n) is 6.74. The highest BCUT2D eigenvalue weighted by atomic mass is 32.1. The lowest BCUT2D eigenvalue weighted by Crippen LogP contribution is -2.25. The Bertz CT molecular complexity index is 414. The zero-order chi connectivity index (χ0) is 14.6. The molecule has 1 aliphatic heterocycles. The van der Waals surface area contributed by atoms with E-state index in [9.17, 15) is 0 Å². The molecule has 4 heteroatoms. The van der Waals surface area contributed by atoms with E-state index in [-0.39, 0.29) is 0 Å². The van der Waals surface area contributed by atoms with Gasteiger partial charge in [-0.3, -0.25) is 0 Å². The van der Waals surface area contributed by atoms with Crippen LogP contribution >= 0.6 is 11.3 Å². The van der Waals surface area contributed by atoms with E-state index in [0.717, 1.165) is 19.6 Å². The van der Waals surface area contributed by atoms with Crippen LogP contribution in [0.2, 0.25) is 0 Å². The predicted octanol–water partition coefficient (Wildman–Crippen LogP) is 4.22. The first kappa shape index (κ1) is 15.8. The first-order valence-electron chi connectivity index (χ1n) is 7.95. The number of nitrogens with zero attached hydrogens (tertiary/aromatic N) is 2. The number of rotatable bonds is 5. The van der Waals surface area contributed by atoms with E-state index >= 15 is 0 Å². The highest BCUT2D eigenvalue weighted by molar-refractivity contribution is 7.13. The molecule has 0 radical (unpaired) electrons. The first-order chi connectivity index (χ1) is 9.52. The maximum Gasteiger partial charge on any atom is 0.185 e. The van der Waals surface area contributed by atoms with Gasteiger partial charge >= 0.3 is 0 Å². The standard InChI is InChI=1S/C16H29N3S/c1-5-9-17-13(2)14-12-20-15(18-14)19-10-6-7-16(3,4)8-11-19/h12-13,17H,5-11H2,1-4H3. The lowest BCUT2D eigenvalue weighted by atomic mass is 9.85. The number of anilines is 1. The molecule has 0 amide bonds. The van der Waals surface area contributed by atoms with Gasteiger partial charge in [0.2, 0.25) is 0 Å². The molecule has 20 heavy (non-hydrogen) atoms. The molecule has 1 atom stereocenters. The second-order valence-corrected chi connectivity index (χ2v) is 7.57. The summed E-state index contributed by atoms with van der Waals surface area (Å²) in [6, 6.07) is 0.364. The Hall–Kier alpha value is -0.610. The molecule has 0 spiro atoms. The topological polar surface area (TPSA) is 28.2 Å². The minimum absolute atomic E-state index is 0.364. The summed E-state index contributed by atoms with van der Waals surface area (Å²) in [5.41, 5.74) is 1.69. The van der Waals surface area contributed by atoms with Crippen molar-refractivity contribution in [3.05, 3.63) is 11.1 Å². The van der Waals surface area contributed by atoms with E-state index in [1.807, 2.05) is 0 Å². The average Bonchev–Trinajstić information content (AvgIpc) is 2.82. The molecule has 1 aliphatic rings. The summed E-state index contributed by atoms with van der Waals surface area (Å²) >= 11 is 1.80. The molecule has 2 rings (SSSR count). The second kappa shape index (κ2) is 6.90. The molecule has 0 aromatic carbocycles.